The van der Waals surface area contributed by atoms with Crippen LogP contribution in [-0.4, -0.2) is 54.7 Å². The van der Waals surface area contributed by atoms with Crippen LogP contribution in [0.3, 0.4) is 0 Å². The number of carbonyl (C=O) groups is 1. The Hall–Kier alpha value is -1.33. The van der Waals surface area contributed by atoms with Crippen LogP contribution in [-0.2, 0) is 9.53 Å². The highest BCUT2D eigenvalue weighted by Gasteiger charge is 2.40. The van der Waals surface area contributed by atoms with E-state index in [2.05, 4.69) is 4.98 Å². The van der Waals surface area contributed by atoms with Crippen molar-refractivity contribution in [2.24, 2.45) is 0 Å². The molecule has 21 heavy (non-hydrogen) atoms. The van der Waals surface area contributed by atoms with Gasteiger partial charge in [0.1, 0.15) is 11.9 Å². The Labute approximate surface area is 129 Å². The van der Waals surface area contributed by atoms with Crippen molar-refractivity contribution >= 4 is 23.3 Å². The summed E-state index contributed by atoms with van der Waals surface area (Å²) >= 11 is 6.25. The summed E-state index contributed by atoms with van der Waals surface area (Å²) in [6.07, 6.45) is 4.63. The molecule has 1 amide bonds. The smallest absolute Gasteiger partial charge is 0.245 e. The van der Waals surface area contributed by atoms with Gasteiger partial charge in [-0.05, 0) is 25.0 Å². The van der Waals surface area contributed by atoms with E-state index in [0.29, 0.717) is 23.8 Å². The Balaban J connectivity index is 1.85. The number of pyridine rings is 1. The minimum atomic E-state index is -0.222. The number of hydrogen-bond donors (Lipinski definition) is 0. The number of amides is 1. The van der Waals surface area contributed by atoms with Gasteiger partial charge in [-0.15, -0.1) is 0 Å². The molecule has 6 heteroatoms. The topological polar surface area (TPSA) is 45.7 Å². The normalized spacial score (nSPS) is 25.6. The first kappa shape index (κ1) is 14.6. The van der Waals surface area contributed by atoms with E-state index in [9.17, 15) is 4.79 Å². The van der Waals surface area contributed by atoms with Gasteiger partial charge in [0.15, 0.2) is 0 Å². The first-order valence-corrected chi connectivity index (χ1v) is 7.77. The van der Waals surface area contributed by atoms with E-state index in [-0.39, 0.29) is 18.1 Å². The fourth-order valence-electron chi connectivity index (χ4n) is 3.17. The van der Waals surface area contributed by atoms with Crippen molar-refractivity contribution in [1.29, 1.82) is 0 Å². The molecule has 2 saturated heterocycles. The Morgan fingerprint density at radius 2 is 2.19 bits per heavy atom. The van der Waals surface area contributed by atoms with Gasteiger partial charge in [-0.25, -0.2) is 4.98 Å². The molecule has 0 aliphatic carbocycles. The van der Waals surface area contributed by atoms with Crippen molar-refractivity contribution in [3.05, 3.63) is 23.4 Å². The molecule has 114 valence electrons. The summed E-state index contributed by atoms with van der Waals surface area (Å²) in [6.45, 7) is 2.37. The molecule has 0 radical (unpaired) electrons. The van der Waals surface area contributed by atoms with Gasteiger partial charge in [0.25, 0.3) is 0 Å². The maximum atomic E-state index is 12.8. The average molecular weight is 310 g/mol. The SMILES string of the molecule is CO[C@H]1C[C@@H](C(=O)N2CCCC2)N(c2ncccc2Cl)C1. The van der Waals surface area contributed by atoms with Crippen molar-refractivity contribution in [3.63, 3.8) is 0 Å². The summed E-state index contributed by atoms with van der Waals surface area (Å²) in [5, 5.41) is 0.577. The molecule has 5 nitrogen and oxygen atoms in total. The number of hydrogen-bond acceptors (Lipinski definition) is 4. The number of methoxy groups -OCH3 is 1. The number of nitrogens with zero attached hydrogens (tertiary/aromatic N) is 3. The molecule has 2 aliphatic heterocycles. The number of ether oxygens (including phenoxy) is 1. The first-order chi connectivity index (χ1) is 10.2. The molecular weight excluding hydrogens is 290 g/mol. The van der Waals surface area contributed by atoms with Gasteiger partial charge in [0.2, 0.25) is 5.91 Å². The number of likely N-dealkylation sites (tertiary alicyclic amines) is 1. The zero-order valence-corrected chi connectivity index (χ0v) is 12.9. The van der Waals surface area contributed by atoms with Crippen LogP contribution in [0.15, 0.2) is 18.3 Å². The minimum absolute atomic E-state index is 0.0413. The summed E-state index contributed by atoms with van der Waals surface area (Å²) in [7, 11) is 1.69. The van der Waals surface area contributed by atoms with Crippen LogP contribution in [0.25, 0.3) is 0 Å². The Morgan fingerprint density at radius 3 is 2.86 bits per heavy atom. The molecule has 2 fully saturated rings. The maximum absolute atomic E-state index is 12.8. The van der Waals surface area contributed by atoms with E-state index in [1.165, 1.54) is 0 Å². The molecule has 0 aromatic carbocycles. The van der Waals surface area contributed by atoms with Crippen molar-refractivity contribution in [2.45, 2.75) is 31.4 Å². The third-order valence-corrected chi connectivity index (χ3v) is 4.60. The summed E-state index contributed by atoms with van der Waals surface area (Å²) in [4.78, 5) is 21.1. The molecule has 0 saturated carbocycles. The average Bonchev–Trinajstić information content (AvgIpc) is 3.16. The molecule has 0 spiro atoms. The van der Waals surface area contributed by atoms with E-state index < -0.39 is 0 Å². The highest BCUT2D eigenvalue weighted by molar-refractivity contribution is 6.33. The third-order valence-electron chi connectivity index (χ3n) is 4.31. The van der Waals surface area contributed by atoms with E-state index in [4.69, 9.17) is 16.3 Å². The second kappa shape index (κ2) is 6.20. The van der Waals surface area contributed by atoms with Gasteiger partial charge in [-0.3, -0.25) is 4.79 Å². The molecule has 0 bridgehead atoms. The van der Waals surface area contributed by atoms with Crippen LogP contribution in [0, 0.1) is 0 Å². The summed E-state index contributed by atoms with van der Waals surface area (Å²) in [6, 6.07) is 3.38. The molecular formula is C15H20ClN3O2. The van der Waals surface area contributed by atoms with Gasteiger partial charge in [0.05, 0.1) is 11.1 Å². The second-order valence-corrected chi connectivity index (χ2v) is 6.01. The fourth-order valence-corrected chi connectivity index (χ4v) is 3.40. The number of halogens is 1. The van der Waals surface area contributed by atoms with E-state index in [0.717, 1.165) is 25.9 Å². The largest absolute Gasteiger partial charge is 0.380 e. The molecule has 3 heterocycles. The predicted octanol–water partition coefficient (Wildman–Crippen LogP) is 1.95. The molecule has 0 N–H and O–H groups in total. The highest BCUT2D eigenvalue weighted by atomic mass is 35.5. The summed E-state index contributed by atoms with van der Waals surface area (Å²) < 4.78 is 5.46. The third kappa shape index (κ3) is 2.85. The van der Waals surface area contributed by atoms with Crippen molar-refractivity contribution in [3.8, 4) is 0 Å². The zero-order valence-electron chi connectivity index (χ0n) is 12.2. The number of rotatable bonds is 3. The molecule has 2 aliphatic rings. The van der Waals surface area contributed by atoms with Gasteiger partial charge in [0, 0.05) is 39.4 Å². The highest BCUT2D eigenvalue weighted by Crippen LogP contribution is 2.32. The lowest BCUT2D eigenvalue weighted by atomic mass is 10.1. The first-order valence-electron chi connectivity index (χ1n) is 7.39. The van der Waals surface area contributed by atoms with Gasteiger partial charge in [-0.1, -0.05) is 11.6 Å². The Kier molecular flexibility index (Phi) is 4.31. The van der Waals surface area contributed by atoms with E-state index in [1.807, 2.05) is 9.80 Å². The molecule has 2 atom stereocenters. The fraction of sp³-hybridized carbons (Fsp3) is 0.600. The van der Waals surface area contributed by atoms with Crippen LogP contribution in [0.4, 0.5) is 5.82 Å². The molecule has 1 aromatic heterocycles. The second-order valence-electron chi connectivity index (χ2n) is 5.60. The lowest BCUT2D eigenvalue weighted by Crippen LogP contribution is -2.45. The van der Waals surface area contributed by atoms with Crippen molar-refractivity contribution in [1.82, 2.24) is 9.88 Å². The quantitative estimate of drug-likeness (QED) is 0.856. The Bertz CT molecular complexity index is 519. The van der Waals surface area contributed by atoms with E-state index >= 15 is 0 Å². The Morgan fingerprint density at radius 1 is 1.43 bits per heavy atom. The van der Waals surface area contributed by atoms with Crippen LogP contribution in [0.2, 0.25) is 5.02 Å². The monoisotopic (exact) mass is 309 g/mol. The maximum Gasteiger partial charge on any atom is 0.245 e. The predicted molar refractivity (Wildman–Crippen MR) is 81.6 cm³/mol. The van der Waals surface area contributed by atoms with Crippen LogP contribution >= 0.6 is 11.6 Å². The zero-order chi connectivity index (χ0) is 14.8. The van der Waals surface area contributed by atoms with Crippen molar-refractivity contribution in [2.75, 3.05) is 31.6 Å². The van der Waals surface area contributed by atoms with Gasteiger partial charge < -0.3 is 14.5 Å². The molecule has 0 unspecified atom stereocenters. The minimum Gasteiger partial charge on any atom is -0.380 e. The van der Waals surface area contributed by atoms with Gasteiger partial charge in [-0.2, -0.15) is 0 Å². The number of carbonyl (C=O) groups excluding carboxylic acids is 1. The van der Waals surface area contributed by atoms with Crippen molar-refractivity contribution < 1.29 is 9.53 Å². The lowest BCUT2D eigenvalue weighted by molar-refractivity contribution is -0.131. The van der Waals surface area contributed by atoms with E-state index in [1.54, 1.807) is 25.4 Å². The lowest BCUT2D eigenvalue weighted by Gasteiger charge is -2.28. The van der Waals surface area contributed by atoms with Crippen LogP contribution in [0.1, 0.15) is 19.3 Å². The standard InChI is InChI=1S/C15H20ClN3O2/c1-21-11-9-13(15(20)18-7-2-3-8-18)19(10-11)14-12(16)5-4-6-17-14/h4-6,11,13H,2-3,7-10H2,1H3/t11-,13-/m0/s1. The van der Waals surface area contributed by atoms with Gasteiger partial charge >= 0.3 is 0 Å². The molecule has 1 aromatic rings. The molecule has 3 rings (SSSR count). The van der Waals surface area contributed by atoms with Crippen LogP contribution in [0.5, 0.6) is 0 Å². The number of anilines is 1. The summed E-state index contributed by atoms with van der Waals surface area (Å²) in [5.41, 5.74) is 0. The summed E-state index contributed by atoms with van der Waals surface area (Å²) in [5.74, 6) is 0.852. The van der Waals surface area contributed by atoms with Crippen LogP contribution < -0.4 is 4.90 Å². The number of aromatic nitrogens is 1.